The van der Waals surface area contributed by atoms with Gasteiger partial charge < -0.3 is 16.0 Å². The Kier molecular flexibility index (Phi) is 6.18. The van der Waals surface area contributed by atoms with Gasteiger partial charge in [0.2, 0.25) is 11.8 Å². The fraction of sp³-hybridized carbons (Fsp3) is 0.467. The van der Waals surface area contributed by atoms with Crippen LogP contribution in [0.2, 0.25) is 0 Å². The van der Waals surface area contributed by atoms with Crippen LogP contribution in [0.5, 0.6) is 0 Å². The third-order valence-electron chi connectivity index (χ3n) is 3.41. The second-order valence-corrected chi connectivity index (χ2v) is 5.17. The number of anilines is 2. The summed E-state index contributed by atoms with van der Waals surface area (Å²) in [7, 11) is 0. The first-order valence-electron chi connectivity index (χ1n) is 7.02. The van der Waals surface area contributed by atoms with E-state index in [9.17, 15) is 9.59 Å². The fourth-order valence-corrected chi connectivity index (χ4v) is 2.36. The van der Waals surface area contributed by atoms with Crippen molar-refractivity contribution in [3.8, 4) is 0 Å². The molecule has 0 aromatic heterocycles. The summed E-state index contributed by atoms with van der Waals surface area (Å²) in [5.41, 5.74) is 8.33. The molecule has 1 atom stereocenters. The first kappa shape index (κ1) is 17.5. The standard InChI is InChI=1S/C15H21N3O2.ClH/c1-3-8-18-13-6-5-12(17-15(20)10(2)16)9-11(13)4-7-14(18)19;/h5-6,9-10H,3-4,7-8,16H2,1-2H3,(H,17,20);1H/t10-;/m1./s1. The maximum absolute atomic E-state index is 11.9. The Bertz CT molecular complexity index is 532. The van der Waals surface area contributed by atoms with Crippen molar-refractivity contribution in [2.45, 2.75) is 39.2 Å². The van der Waals surface area contributed by atoms with Gasteiger partial charge in [0.05, 0.1) is 6.04 Å². The number of aryl methyl sites for hydroxylation is 1. The molecular weight excluding hydrogens is 290 g/mol. The maximum Gasteiger partial charge on any atom is 0.240 e. The lowest BCUT2D eigenvalue weighted by Gasteiger charge is -2.29. The molecule has 3 N–H and O–H groups in total. The number of hydrogen-bond donors (Lipinski definition) is 2. The van der Waals surface area contributed by atoms with E-state index < -0.39 is 6.04 Å². The molecule has 2 rings (SSSR count). The first-order valence-corrected chi connectivity index (χ1v) is 7.02. The molecule has 0 saturated heterocycles. The number of benzene rings is 1. The van der Waals surface area contributed by atoms with Crippen LogP contribution >= 0.6 is 12.4 Å². The number of carbonyl (C=O) groups excluding carboxylic acids is 2. The van der Waals surface area contributed by atoms with Gasteiger partial charge in [-0.15, -0.1) is 12.4 Å². The smallest absolute Gasteiger partial charge is 0.240 e. The maximum atomic E-state index is 11.9. The van der Waals surface area contributed by atoms with Crippen molar-refractivity contribution in [3.63, 3.8) is 0 Å². The van der Waals surface area contributed by atoms with Gasteiger partial charge in [-0.3, -0.25) is 9.59 Å². The highest BCUT2D eigenvalue weighted by atomic mass is 35.5. The number of amides is 2. The van der Waals surface area contributed by atoms with E-state index in [2.05, 4.69) is 12.2 Å². The molecule has 0 aliphatic carbocycles. The topological polar surface area (TPSA) is 75.4 Å². The Labute approximate surface area is 131 Å². The Balaban J connectivity index is 0.00000220. The second kappa shape index (κ2) is 7.43. The number of hydrogen-bond acceptors (Lipinski definition) is 3. The zero-order valence-corrected chi connectivity index (χ0v) is 13.2. The van der Waals surface area contributed by atoms with Crippen molar-refractivity contribution in [1.82, 2.24) is 0 Å². The summed E-state index contributed by atoms with van der Waals surface area (Å²) in [5, 5.41) is 2.78. The molecule has 1 heterocycles. The number of carbonyl (C=O) groups is 2. The minimum absolute atomic E-state index is 0. The highest BCUT2D eigenvalue weighted by Gasteiger charge is 2.23. The molecule has 1 aliphatic heterocycles. The van der Waals surface area contributed by atoms with Crippen LogP contribution in [-0.2, 0) is 16.0 Å². The molecule has 21 heavy (non-hydrogen) atoms. The molecular formula is C15H22ClN3O2. The van der Waals surface area contributed by atoms with Crippen molar-refractivity contribution in [2.75, 3.05) is 16.8 Å². The SMILES string of the molecule is CCCN1C(=O)CCc2cc(NC(=O)[C@@H](C)N)ccc21.Cl. The highest BCUT2D eigenvalue weighted by Crippen LogP contribution is 2.30. The Morgan fingerprint density at radius 1 is 1.43 bits per heavy atom. The van der Waals surface area contributed by atoms with E-state index in [4.69, 9.17) is 5.73 Å². The van der Waals surface area contributed by atoms with Gasteiger partial charge in [0.15, 0.2) is 0 Å². The van der Waals surface area contributed by atoms with E-state index in [1.165, 1.54) is 0 Å². The number of rotatable bonds is 4. The molecule has 2 amide bonds. The molecule has 1 aromatic rings. The zero-order chi connectivity index (χ0) is 14.7. The minimum atomic E-state index is -0.538. The largest absolute Gasteiger partial charge is 0.325 e. The Morgan fingerprint density at radius 3 is 2.76 bits per heavy atom. The average molecular weight is 312 g/mol. The Hall–Kier alpha value is -1.59. The van der Waals surface area contributed by atoms with Gasteiger partial charge in [0.1, 0.15) is 0 Å². The van der Waals surface area contributed by atoms with E-state index in [1.807, 2.05) is 23.1 Å². The van der Waals surface area contributed by atoms with E-state index in [1.54, 1.807) is 6.92 Å². The van der Waals surface area contributed by atoms with Crippen molar-refractivity contribution in [1.29, 1.82) is 0 Å². The summed E-state index contributed by atoms with van der Waals surface area (Å²) in [6.45, 7) is 4.44. The molecule has 0 spiro atoms. The van der Waals surface area contributed by atoms with Gasteiger partial charge in [0.25, 0.3) is 0 Å². The van der Waals surface area contributed by atoms with Gasteiger partial charge in [-0.25, -0.2) is 0 Å². The van der Waals surface area contributed by atoms with Crippen LogP contribution < -0.4 is 16.0 Å². The highest BCUT2D eigenvalue weighted by molar-refractivity contribution is 5.98. The van der Waals surface area contributed by atoms with E-state index >= 15 is 0 Å². The molecule has 0 bridgehead atoms. The first-order chi connectivity index (χ1) is 9.52. The van der Waals surface area contributed by atoms with Crippen LogP contribution in [0.25, 0.3) is 0 Å². The average Bonchev–Trinajstić information content (AvgIpc) is 2.42. The van der Waals surface area contributed by atoms with Crippen LogP contribution in [0, 0.1) is 0 Å². The lowest BCUT2D eigenvalue weighted by atomic mass is 10.00. The van der Waals surface area contributed by atoms with Crippen molar-refractivity contribution in [3.05, 3.63) is 23.8 Å². The molecule has 1 aromatic carbocycles. The number of halogens is 1. The monoisotopic (exact) mass is 311 g/mol. The normalized spacial score (nSPS) is 15.0. The molecule has 0 saturated carbocycles. The summed E-state index contributed by atoms with van der Waals surface area (Å²) >= 11 is 0. The van der Waals surface area contributed by atoms with Gasteiger partial charge in [-0.05, 0) is 43.5 Å². The van der Waals surface area contributed by atoms with Crippen LogP contribution in [0.4, 0.5) is 11.4 Å². The van der Waals surface area contributed by atoms with Gasteiger partial charge >= 0.3 is 0 Å². The third kappa shape index (κ3) is 3.95. The lowest BCUT2D eigenvalue weighted by molar-refractivity contribution is -0.119. The molecule has 5 nitrogen and oxygen atoms in total. The predicted octanol–water partition coefficient (Wildman–Crippen LogP) is 2.08. The van der Waals surface area contributed by atoms with Crippen LogP contribution in [0.1, 0.15) is 32.3 Å². The number of nitrogens with zero attached hydrogens (tertiary/aromatic N) is 1. The number of fused-ring (bicyclic) bond motifs is 1. The minimum Gasteiger partial charge on any atom is -0.325 e. The summed E-state index contributed by atoms with van der Waals surface area (Å²) in [5.74, 6) is -0.0334. The summed E-state index contributed by atoms with van der Waals surface area (Å²) < 4.78 is 0. The van der Waals surface area contributed by atoms with E-state index in [0.29, 0.717) is 6.42 Å². The second-order valence-electron chi connectivity index (χ2n) is 5.17. The summed E-state index contributed by atoms with van der Waals surface area (Å²) in [4.78, 5) is 25.4. The van der Waals surface area contributed by atoms with E-state index in [-0.39, 0.29) is 24.2 Å². The quantitative estimate of drug-likeness (QED) is 0.894. The zero-order valence-electron chi connectivity index (χ0n) is 12.4. The van der Waals surface area contributed by atoms with Crippen molar-refractivity contribution >= 4 is 35.6 Å². The Morgan fingerprint density at radius 2 is 2.14 bits per heavy atom. The third-order valence-corrected chi connectivity index (χ3v) is 3.41. The predicted molar refractivity (Wildman–Crippen MR) is 86.9 cm³/mol. The number of nitrogens with two attached hydrogens (primary N) is 1. The van der Waals surface area contributed by atoms with Crippen LogP contribution in [0.15, 0.2) is 18.2 Å². The summed E-state index contributed by atoms with van der Waals surface area (Å²) in [6, 6.07) is 5.12. The molecule has 1 aliphatic rings. The van der Waals surface area contributed by atoms with Gasteiger partial charge in [-0.2, -0.15) is 0 Å². The van der Waals surface area contributed by atoms with E-state index in [0.717, 1.165) is 36.3 Å². The fourth-order valence-electron chi connectivity index (χ4n) is 2.36. The lowest BCUT2D eigenvalue weighted by Crippen LogP contribution is -2.36. The molecule has 116 valence electrons. The summed E-state index contributed by atoms with van der Waals surface area (Å²) in [6.07, 6.45) is 2.17. The van der Waals surface area contributed by atoms with Gasteiger partial charge in [-0.1, -0.05) is 6.92 Å². The van der Waals surface area contributed by atoms with Gasteiger partial charge in [0, 0.05) is 24.3 Å². The molecule has 6 heteroatoms. The molecule has 0 unspecified atom stereocenters. The van der Waals surface area contributed by atoms with Crippen LogP contribution in [-0.4, -0.2) is 24.4 Å². The molecule has 0 radical (unpaired) electrons. The van der Waals surface area contributed by atoms with Crippen molar-refractivity contribution in [2.24, 2.45) is 5.73 Å². The van der Waals surface area contributed by atoms with Crippen LogP contribution in [0.3, 0.4) is 0 Å². The number of nitrogens with one attached hydrogen (secondary N) is 1. The van der Waals surface area contributed by atoms with Crippen molar-refractivity contribution < 1.29 is 9.59 Å². The molecule has 0 fully saturated rings.